The molecule has 17 heavy (non-hydrogen) atoms. The number of hydrogen-bond acceptors (Lipinski definition) is 3. The first-order valence-electron chi connectivity index (χ1n) is 5.60. The Morgan fingerprint density at radius 1 is 1.59 bits per heavy atom. The van der Waals surface area contributed by atoms with Crippen LogP contribution >= 0.6 is 15.9 Å². The summed E-state index contributed by atoms with van der Waals surface area (Å²) in [4.78, 5) is 0. The summed E-state index contributed by atoms with van der Waals surface area (Å²) < 4.78 is 19.5. The van der Waals surface area contributed by atoms with E-state index in [1.807, 2.05) is 0 Å². The van der Waals surface area contributed by atoms with Crippen LogP contribution in [0.5, 0.6) is 11.5 Å². The Balaban J connectivity index is 2.44. The number of phenolic OH excluding ortho intramolecular Hbond substituents is 1. The highest BCUT2D eigenvalue weighted by Gasteiger charge is 2.25. The van der Waals surface area contributed by atoms with Crippen molar-refractivity contribution in [2.45, 2.75) is 18.8 Å². The van der Waals surface area contributed by atoms with Gasteiger partial charge in [0.25, 0.3) is 0 Å². The molecule has 2 N–H and O–H groups in total. The monoisotopic (exact) mass is 303 g/mol. The number of aromatic hydroxyl groups is 1. The van der Waals surface area contributed by atoms with E-state index < -0.39 is 0 Å². The molecule has 2 rings (SSSR count). The van der Waals surface area contributed by atoms with Crippen LogP contribution in [0.3, 0.4) is 0 Å². The fraction of sp³-hybridized carbons (Fsp3) is 0.500. The minimum atomic E-state index is -0.385. The van der Waals surface area contributed by atoms with Crippen LogP contribution in [0.2, 0.25) is 0 Å². The Morgan fingerprint density at radius 2 is 2.35 bits per heavy atom. The van der Waals surface area contributed by atoms with Crippen molar-refractivity contribution in [3.8, 4) is 11.5 Å². The Labute approximate surface area is 108 Å². The molecule has 0 amide bonds. The number of methoxy groups -OCH3 is 1. The molecule has 1 aromatic carbocycles. The summed E-state index contributed by atoms with van der Waals surface area (Å²) in [6.07, 6.45) is 1.97. The van der Waals surface area contributed by atoms with Crippen molar-refractivity contribution < 1.29 is 14.2 Å². The Kier molecular flexibility index (Phi) is 3.89. The number of hydrogen-bond donors (Lipinski definition) is 2. The number of nitrogens with one attached hydrogen (secondary N) is 1. The average molecular weight is 304 g/mol. The molecule has 1 saturated heterocycles. The van der Waals surface area contributed by atoms with Gasteiger partial charge in [0.05, 0.1) is 11.6 Å². The van der Waals surface area contributed by atoms with E-state index in [0.29, 0.717) is 15.8 Å². The fourth-order valence-corrected chi connectivity index (χ4v) is 3.15. The highest BCUT2D eigenvalue weighted by Crippen LogP contribution is 2.42. The van der Waals surface area contributed by atoms with Gasteiger partial charge in [-0.05, 0) is 35.3 Å². The van der Waals surface area contributed by atoms with Gasteiger partial charge in [-0.1, -0.05) is 0 Å². The normalized spacial score (nSPS) is 20.3. The van der Waals surface area contributed by atoms with Crippen LogP contribution in [0, 0.1) is 5.82 Å². The maximum absolute atomic E-state index is 13.9. The van der Waals surface area contributed by atoms with Crippen molar-refractivity contribution in [2.24, 2.45) is 0 Å². The van der Waals surface area contributed by atoms with Crippen molar-refractivity contribution in [3.63, 3.8) is 0 Å². The van der Waals surface area contributed by atoms with Crippen LogP contribution in [0.25, 0.3) is 0 Å². The third kappa shape index (κ3) is 2.40. The number of piperidine rings is 1. The van der Waals surface area contributed by atoms with E-state index in [4.69, 9.17) is 4.74 Å². The molecule has 0 bridgehead atoms. The first-order chi connectivity index (χ1) is 8.15. The maximum atomic E-state index is 13.9. The number of benzene rings is 1. The summed E-state index contributed by atoms with van der Waals surface area (Å²) in [5, 5.41) is 12.8. The Hall–Kier alpha value is -0.810. The van der Waals surface area contributed by atoms with Gasteiger partial charge in [-0.15, -0.1) is 0 Å². The zero-order valence-electron chi connectivity index (χ0n) is 9.59. The van der Waals surface area contributed by atoms with Crippen LogP contribution in [0.1, 0.15) is 24.3 Å². The molecule has 5 heteroatoms. The molecular formula is C12H15BrFNO2. The summed E-state index contributed by atoms with van der Waals surface area (Å²) >= 11 is 3.33. The van der Waals surface area contributed by atoms with E-state index in [-0.39, 0.29) is 17.5 Å². The van der Waals surface area contributed by atoms with Gasteiger partial charge in [-0.3, -0.25) is 0 Å². The number of phenols is 1. The van der Waals surface area contributed by atoms with Crippen LogP contribution in [-0.4, -0.2) is 25.3 Å². The zero-order chi connectivity index (χ0) is 12.4. The molecule has 0 radical (unpaired) electrons. The quantitative estimate of drug-likeness (QED) is 0.883. The molecule has 0 aliphatic carbocycles. The molecule has 1 unspecified atom stereocenters. The van der Waals surface area contributed by atoms with E-state index >= 15 is 0 Å². The zero-order valence-corrected chi connectivity index (χ0v) is 11.2. The van der Waals surface area contributed by atoms with E-state index in [1.165, 1.54) is 7.11 Å². The van der Waals surface area contributed by atoms with Crippen LogP contribution < -0.4 is 10.1 Å². The highest BCUT2D eigenvalue weighted by molar-refractivity contribution is 9.10. The van der Waals surface area contributed by atoms with E-state index in [1.54, 1.807) is 0 Å². The minimum absolute atomic E-state index is 0.118. The van der Waals surface area contributed by atoms with E-state index in [2.05, 4.69) is 21.2 Å². The summed E-state index contributed by atoms with van der Waals surface area (Å²) in [6.45, 7) is 1.73. The number of ether oxygens (including phenoxy) is 1. The lowest BCUT2D eigenvalue weighted by atomic mass is 9.91. The number of halogens is 2. The molecule has 1 aliphatic rings. The molecule has 0 spiro atoms. The van der Waals surface area contributed by atoms with E-state index in [9.17, 15) is 9.50 Å². The van der Waals surface area contributed by atoms with Gasteiger partial charge < -0.3 is 15.2 Å². The van der Waals surface area contributed by atoms with Gasteiger partial charge in [0.1, 0.15) is 5.82 Å². The fourth-order valence-electron chi connectivity index (χ4n) is 2.27. The number of rotatable bonds is 2. The smallest absolute Gasteiger partial charge is 0.175 e. The predicted octanol–water partition coefficient (Wildman–Crippen LogP) is 2.77. The SMILES string of the molecule is COc1c(O)cc(F)c(C2CCCNC2)c1Br. The second-order valence-electron chi connectivity index (χ2n) is 4.18. The van der Waals surface area contributed by atoms with Crippen molar-refractivity contribution in [1.82, 2.24) is 5.32 Å². The molecule has 1 atom stereocenters. The molecule has 1 aliphatic heterocycles. The van der Waals surface area contributed by atoms with Crippen LogP contribution in [0.4, 0.5) is 4.39 Å². The van der Waals surface area contributed by atoms with Crippen molar-refractivity contribution >= 4 is 15.9 Å². The molecule has 1 aromatic rings. The average Bonchev–Trinajstić information content (AvgIpc) is 2.30. The van der Waals surface area contributed by atoms with Gasteiger partial charge in [0.2, 0.25) is 0 Å². The molecule has 0 aromatic heterocycles. The topological polar surface area (TPSA) is 41.5 Å². The lowest BCUT2D eigenvalue weighted by Crippen LogP contribution is -2.29. The molecule has 0 saturated carbocycles. The van der Waals surface area contributed by atoms with Gasteiger partial charge in [-0.25, -0.2) is 4.39 Å². The molecule has 3 nitrogen and oxygen atoms in total. The second-order valence-corrected chi connectivity index (χ2v) is 4.97. The first-order valence-corrected chi connectivity index (χ1v) is 6.40. The van der Waals surface area contributed by atoms with Crippen LogP contribution in [0.15, 0.2) is 10.5 Å². The molecule has 1 heterocycles. The largest absolute Gasteiger partial charge is 0.504 e. The lowest BCUT2D eigenvalue weighted by Gasteiger charge is -2.25. The molecular weight excluding hydrogens is 289 g/mol. The Morgan fingerprint density at radius 3 is 2.94 bits per heavy atom. The van der Waals surface area contributed by atoms with Crippen molar-refractivity contribution in [2.75, 3.05) is 20.2 Å². The summed E-state index contributed by atoms with van der Waals surface area (Å²) in [7, 11) is 1.46. The summed E-state index contributed by atoms with van der Waals surface area (Å²) in [5.41, 5.74) is 0.590. The van der Waals surface area contributed by atoms with Crippen molar-refractivity contribution in [3.05, 3.63) is 21.9 Å². The van der Waals surface area contributed by atoms with Crippen LogP contribution in [-0.2, 0) is 0 Å². The van der Waals surface area contributed by atoms with Crippen molar-refractivity contribution in [1.29, 1.82) is 0 Å². The minimum Gasteiger partial charge on any atom is -0.504 e. The third-order valence-corrected chi connectivity index (χ3v) is 3.89. The lowest BCUT2D eigenvalue weighted by molar-refractivity contribution is 0.364. The third-order valence-electron chi connectivity index (χ3n) is 3.10. The van der Waals surface area contributed by atoms with Gasteiger partial charge >= 0.3 is 0 Å². The molecule has 1 fully saturated rings. The summed E-state index contributed by atoms with van der Waals surface area (Å²) in [6, 6.07) is 1.12. The first kappa shape index (κ1) is 12.6. The predicted molar refractivity (Wildman–Crippen MR) is 67.2 cm³/mol. The second kappa shape index (κ2) is 5.23. The van der Waals surface area contributed by atoms with E-state index in [0.717, 1.165) is 32.0 Å². The summed E-state index contributed by atoms with van der Waals surface area (Å²) in [5.74, 6) is -0.145. The Bertz CT molecular complexity index is 419. The molecule has 94 valence electrons. The standard InChI is InChI=1S/C12H15BrFNO2/c1-17-12-9(16)5-8(14)10(11(12)13)7-3-2-4-15-6-7/h5,7,15-16H,2-4,6H2,1H3. The van der Waals surface area contributed by atoms with Gasteiger partial charge in [-0.2, -0.15) is 0 Å². The highest BCUT2D eigenvalue weighted by atomic mass is 79.9. The maximum Gasteiger partial charge on any atom is 0.175 e. The van der Waals surface area contributed by atoms with Gasteiger partial charge in [0.15, 0.2) is 11.5 Å². The van der Waals surface area contributed by atoms with Gasteiger partial charge in [0, 0.05) is 24.1 Å².